The van der Waals surface area contributed by atoms with Crippen molar-refractivity contribution in [2.45, 2.75) is 26.8 Å². The van der Waals surface area contributed by atoms with Crippen LogP contribution in [0.1, 0.15) is 24.5 Å². The molecule has 1 N–H and O–H groups in total. The minimum absolute atomic E-state index is 0. The van der Waals surface area contributed by atoms with E-state index in [-0.39, 0.29) is 24.0 Å². The summed E-state index contributed by atoms with van der Waals surface area (Å²) in [6, 6.07) is 8.62. The molecule has 0 atom stereocenters. The maximum atomic E-state index is 5.45. The van der Waals surface area contributed by atoms with Crippen LogP contribution >= 0.6 is 24.0 Å². The second kappa shape index (κ2) is 14.5. The number of nitrogens with zero attached hydrogens (tertiary/aromatic N) is 2. The first-order valence-corrected chi connectivity index (χ1v) is 8.29. The van der Waals surface area contributed by atoms with E-state index in [0.717, 1.165) is 32.0 Å². The number of benzene rings is 1. The molecular weight excluding hydrogens is 417 g/mol. The zero-order valence-electron chi connectivity index (χ0n) is 15.4. The molecule has 0 fully saturated rings. The summed E-state index contributed by atoms with van der Waals surface area (Å²) in [5.41, 5.74) is 2.57. The fourth-order valence-corrected chi connectivity index (χ4v) is 2.11. The predicted molar refractivity (Wildman–Crippen MR) is 111 cm³/mol. The third kappa shape index (κ3) is 10.1. The topological polar surface area (TPSA) is 46.1 Å². The van der Waals surface area contributed by atoms with Crippen molar-refractivity contribution in [3.05, 3.63) is 35.4 Å². The molecule has 0 aromatic heterocycles. The second-order valence-corrected chi connectivity index (χ2v) is 5.54. The van der Waals surface area contributed by atoms with Crippen molar-refractivity contribution in [3.8, 4) is 0 Å². The van der Waals surface area contributed by atoms with Crippen molar-refractivity contribution in [1.82, 2.24) is 10.2 Å². The first-order valence-electron chi connectivity index (χ1n) is 8.29. The van der Waals surface area contributed by atoms with Gasteiger partial charge in [0.05, 0.1) is 13.2 Å². The maximum Gasteiger partial charge on any atom is 0.193 e. The summed E-state index contributed by atoms with van der Waals surface area (Å²) in [5, 5.41) is 3.34. The molecule has 0 aliphatic heterocycles. The van der Waals surface area contributed by atoms with Gasteiger partial charge in [-0.3, -0.25) is 4.99 Å². The normalized spacial score (nSPS) is 11.1. The first kappa shape index (κ1) is 23.1. The first-order chi connectivity index (χ1) is 11.2. The molecule has 1 rings (SSSR count). The van der Waals surface area contributed by atoms with Gasteiger partial charge in [-0.25, -0.2) is 0 Å². The summed E-state index contributed by atoms with van der Waals surface area (Å²) in [6.07, 6.45) is 0.914. The molecular formula is C18H32IN3O2. The van der Waals surface area contributed by atoms with E-state index in [0.29, 0.717) is 19.8 Å². The van der Waals surface area contributed by atoms with Gasteiger partial charge in [-0.15, -0.1) is 24.0 Å². The van der Waals surface area contributed by atoms with Crippen LogP contribution in [0.15, 0.2) is 29.3 Å². The highest BCUT2D eigenvalue weighted by atomic mass is 127. The molecule has 138 valence electrons. The van der Waals surface area contributed by atoms with Crippen LogP contribution in [-0.4, -0.2) is 57.9 Å². The number of ether oxygens (including phenoxy) is 2. The molecule has 24 heavy (non-hydrogen) atoms. The highest BCUT2D eigenvalue weighted by Gasteiger charge is 2.06. The molecule has 0 bridgehead atoms. The third-order valence-electron chi connectivity index (χ3n) is 3.38. The monoisotopic (exact) mass is 449 g/mol. The highest BCUT2D eigenvalue weighted by molar-refractivity contribution is 14.0. The Kier molecular flexibility index (Phi) is 14.0. The van der Waals surface area contributed by atoms with Gasteiger partial charge in [-0.1, -0.05) is 29.8 Å². The summed E-state index contributed by atoms with van der Waals surface area (Å²) in [7, 11) is 3.75. The van der Waals surface area contributed by atoms with Crippen molar-refractivity contribution in [2.24, 2.45) is 4.99 Å². The third-order valence-corrected chi connectivity index (χ3v) is 3.38. The fraction of sp³-hybridized carbons (Fsp3) is 0.611. The van der Waals surface area contributed by atoms with Gasteiger partial charge in [-0.05, 0) is 25.8 Å². The summed E-state index contributed by atoms with van der Waals surface area (Å²) >= 11 is 0. The number of aryl methyl sites for hydroxylation is 1. The van der Waals surface area contributed by atoms with Crippen LogP contribution in [0.3, 0.4) is 0 Å². The van der Waals surface area contributed by atoms with Crippen LogP contribution in [0.2, 0.25) is 0 Å². The smallest absolute Gasteiger partial charge is 0.193 e. The van der Waals surface area contributed by atoms with Crippen LogP contribution in [0.4, 0.5) is 0 Å². The lowest BCUT2D eigenvalue weighted by molar-refractivity contribution is 0.0702. The molecule has 0 amide bonds. The number of halogens is 1. The van der Waals surface area contributed by atoms with Crippen molar-refractivity contribution in [1.29, 1.82) is 0 Å². The summed E-state index contributed by atoms with van der Waals surface area (Å²) in [6.45, 7) is 8.66. The van der Waals surface area contributed by atoms with Gasteiger partial charge in [0.2, 0.25) is 0 Å². The van der Waals surface area contributed by atoms with E-state index in [1.807, 2.05) is 0 Å². The minimum Gasteiger partial charge on any atom is -0.382 e. The van der Waals surface area contributed by atoms with E-state index in [9.17, 15) is 0 Å². The molecule has 0 unspecified atom stereocenters. The molecule has 0 radical (unpaired) electrons. The summed E-state index contributed by atoms with van der Waals surface area (Å²) in [4.78, 5) is 6.82. The number of hydrogen-bond donors (Lipinski definition) is 1. The molecule has 0 aliphatic rings. The standard InChI is InChI=1S/C18H31N3O2.HI/c1-5-19-18(20-11-6-12-23-14-13-22-4)21(3)15-17-9-7-16(2)8-10-17;/h7-10H,5-6,11-15H2,1-4H3,(H,19,20);1H. The van der Waals surface area contributed by atoms with Crippen molar-refractivity contribution in [2.75, 3.05) is 47.1 Å². The fourth-order valence-electron chi connectivity index (χ4n) is 2.11. The Hall–Kier alpha value is -0.860. The Bertz CT molecular complexity index is 452. The van der Waals surface area contributed by atoms with E-state index in [2.05, 4.69) is 60.4 Å². The number of nitrogens with one attached hydrogen (secondary N) is 1. The highest BCUT2D eigenvalue weighted by Crippen LogP contribution is 2.06. The molecule has 5 nitrogen and oxygen atoms in total. The van der Waals surface area contributed by atoms with Crippen molar-refractivity contribution in [3.63, 3.8) is 0 Å². The Balaban J connectivity index is 0.00000529. The molecule has 0 spiro atoms. The largest absolute Gasteiger partial charge is 0.382 e. The Labute approximate surface area is 163 Å². The zero-order valence-corrected chi connectivity index (χ0v) is 17.7. The van der Waals surface area contributed by atoms with Crippen LogP contribution in [-0.2, 0) is 16.0 Å². The lowest BCUT2D eigenvalue weighted by atomic mass is 10.1. The van der Waals surface area contributed by atoms with Gasteiger partial charge in [-0.2, -0.15) is 0 Å². The summed E-state index contributed by atoms with van der Waals surface area (Å²) < 4.78 is 10.4. The zero-order chi connectivity index (χ0) is 16.9. The van der Waals surface area contributed by atoms with E-state index in [4.69, 9.17) is 9.47 Å². The van der Waals surface area contributed by atoms with E-state index in [1.54, 1.807) is 7.11 Å². The van der Waals surface area contributed by atoms with E-state index >= 15 is 0 Å². The number of guanidine groups is 1. The van der Waals surface area contributed by atoms with E-state index in [1.165, 1.54) is 11.1 Å². The number of hydrogen-bond acceptors (Lipinski definition) is 3. The number of methoxy groups -OCH3 is 1. The Morgan fingerprint density at radius 2 is 1.88 bits per heavy atom. The molecule has 0 heterocycles. The minimum atomic E-state index is 0. The maximum absolute atomic E-state index is 5.45. The predicted octanol–water partition coefficient (Wildman–Crippen LogP) is 3.06. The molecule has 0 aliphatic carbocycles. The second-order valence-electron chi connectivity index (χ2n) is 5.54. The average molecular weight is 449 g/mol. The number of rotatable bonds is 10. The van der Waals surface area contributed by atoms with Crippen LogP contribution < -0.4 is 5.32 Å². The lowest BCUT2D eigenvalue weighted by Crippen LogP contribution is -2.38. The average Bonchev–Trinajstić information content (AvgIpc) is 2.55. The molecule has 1 aromatic rings. The van der Waals surface area contributed by atoms with Gasteiger partial charge in [0.1, 0.15) is 0 Å². The van der Waals surface area contributed by atoms with Crippen molar-refractivity contribution >= 4 is 29.9 Å². The molecule has 1 aromatic carbocycles. The van der Waals surface area contributed by atoms with Gasteiger partial charge < -0.3 is 19.7 Å². The summed E-state index contributed by atoms with van der Waals surface area (Å²) in [5.74, 6) is 0.935. The van der Waals surface area contributed by atoms with Gasteiger partial charge in [0, 0.05) is 40.4 Å². The van der Waals surface area contributed by atoms with Gasteiger partial charge in [0.25, 0.3) is 0 Å². The van der Waals surface area contributed by atoms with Crippen LogP contribution in [0, 0.1) is 6.92 Å². The van der Waals surface area contributed by atoms with Crippen molar-refractivity contribution < 1.29 is 9.47 Å². The molecule has 6 heteroatoms. The van der Waals surface area contributed by atoms with E-state index < -0.39 is 0 Å². The molecule has 0 saturated heterocycles. The lowest BCUT2D eigenvalue weighted by Gasteiger charge is -2.22. The quantitative estimate of drug-likeness (QED) is 0.258. The van der Waals surface area contributed by atoms with Crippen LogP contribution in [0.25, 0.3) is 0 Å². The Morgan fingerprint density at radius 1 is 1.17 bits per heavy atom. The number of aliphatic imine (C=N–C) groups is 1. The SMILES string of the molecule is CCNC(=NCCCOCCOC)N(C)Cc1ccc(C)cc1.I. The van der Waals surface area contributed by atoms with Crippen LogP contribution in [0.5, 0.6) is 0 Å². The Morgan fingerprint density at radius 3 is 2.50 bits per heavy atom. The van der Waals surface area contributed by atoms with Gasteiger partial charge >= 0.3 is 0 Å². The van der Waals surface area contributed by atoms with Gasteiger partial charge in [0.15, 0.2) is 5.96 Å². The molecule has 0 saturated carbocycles.